The van der Waals surface area contributed by atoms with E-state index in [2.05, 4.69) is 31.8 Å². The van der Waals surface area contributed by atoms with Crippen LogP contribution < -0.4 is 20.2 Å². The molecule has 4 aromatic carbocycles. The number of halogens is 1. The Labute approximate surface area is 221 Å². The number of rotatable bonds is 7. The molecule has 0 aliphatic carbocycles. The number of carbonyl (C=O) groups excluding carboxylic acids is 3. The van der Waals surface area contributed by atoms with Crippen LogP contribution >= 0.6 is 15.9 Å². The average Bonchev–Trinajstić information content (AvgIpc) is 2.91. The largest absolute Gasteiger partial charge is 0.494 e. The number of esters is 1. The van der Waals surface area contributed by atoms with Gasteiger partial charge in [0.2, 0.25) is 0 Å². The Kier molecular flexibility index (Phi) is 8.27. The van der Waals surface area contributed by atoms with Gasteiger partial charge in [-0.3, -0.25) is 9.59 Å². The van der Waals surface area contributed by atoms with Gasteiger partial charge in [-0.1, -0.05) is 46.3 Å². The first-order valence-corrected chi connectivity index (χ1v) is 12.1. The zero-order valence-corrected chi connectivity index (χ0v) is 21.3. The van der Waals surface area contributed by atoms with Crippen molar-refractivity contribution in [2.24, 2.45) is 5.10 Å². The predicted octanol–water partition coefficient (Wildman–Crippen LogP) is 5.31. The molecule has 0 heterocycles. The molecule has 37 heavy (non-hydrogen) atoms. The fourth-order valence-corrected chi connectivity index (χ4v) is 3.70. The van der Waals surface area contributed by atoms with Gasteiger partial charge in [0.1, 0.15) is 11.5 Å². The van der Waals surface area contributed by atoms with Gasteiger partial charge in [-0.15, -0.1) is 0 Å². The number of hydrazone groups is 1. The van der Waals surface area contributed by atoms with E-state index in [1.54, 1.807) is 54.6 Å². The van der Waals surface area contributed by atoms with Crippen LogP contribution in [0.5, 0.6) is 11.5 Å². The lowest BCUT2D eigenvalue weighted by molar-refractivity contribution is -0.136. The highest BCUT2D eigenvalue weighted by Crippen LogP contribution is 2.27. The first-order valence-electron chi connectivity index (χ1n) is 11.3. The van der Waals surface area contributed by atoms with Gasteiger partial charge in [0.15, 0.2) is 0 Å². The van der Waals surface area contributed by atoms with Crippen molar-refractivity contribution in [1.29, 1.82) is 0 Å². The number of carbonyl (C=O) groups is 3. The minimum atomic E-state index is -0.952. The van der Waals surface area contributed by atoms with Gasteiger partial charge >= 0.3 is 17.8 Å². The summed E-state index contributed by atoms with van der Waals surface area (Å²) in [6.07, 6.45) is 1.34. The van der Waals surface area contributed by atoms with Crippen molar-refractivity contribution in [2.45, 2.75) is 6.92 Å². The first-order chi connectivity index (χ1) is 17.9. The van der Waals surface area contributed by atoms with Crippen molar-refractivity contribution in [3.63, 3.8) is 0 Å². The highest BCUT2D eigenvalue weighted by atomic mass is 79.9. The molecule has 0 saturated heterocycles. The summed E-state index contributed by atoms with van der Waals surface area (Å²) in [7, 11) is 0. The number of ether oxygens (including phenoxy) is 2. The number of nitrogens with zero attached hydrogens (tertiary/aromatic N) is 1. The lowest BCUT2D eigenvalue weighted by Gasteiger charge is -2.11. The van der Waals surface area contributed by atoms with Gasteiger partial charge in [0, 0.05) is 15.7 Å². The Morgan fingerprint density at radius 2 is 1.62 bits per heavy atom. The standard InChI is InChI=1S/C28H22BrN3O5/c1-2-36-22-14-7-19(8-15-22)28(35)37-25-16-9-18-5-3-4-6-23(18)24(25)17-30-32-27(34)26(33)31-21-12-10-20(29)11-13-21/h3-17H,2H2,1H3,(H,31,33)(H,32,34)/b30-17-. The Bertz CT molecular complexity index is 1470. The van der Waals surface area contributed by atoms with Crippen molar-refractivity contribution in [1.82, 2.24) is 5.43 Å². The molecule has 0 aromatic heterocycles. The third-order valence-corrected chi connectivity index (χ3v) is 5.73. The molecule has 9 heteroatoms. The molecule has 0 saturated carbocycles. The Balaban J connectivity index is 1.51. The maximum atomic E-state index is 12.8. The summed E-state index contributed by atoms with van der Waals surface area (Å²) in [5, 5.41) is 8.06. The van der Waals surface area contributed by atoms with E-state index in [0.29, 0.717) is 29.2 Å². The molecule has 0 aliphatic rings. The highest BCUT2D eigenvalue weighted by Gasteiger charge is 2.15. The molecule has 0 unspecified atom stereocenters. The quantitative estimate of drug-likeness (QED) is 0.105. The zero-order chi connectivity index (χ0) is 26.2. The summed E-state index contributed by atoms with van der Waals surface area (Å²) in [6, 6.07) is 24.3. The lowest BCUT2D eigenvalue weighted by atomic mass is 10.0. The highest BCUT2D eigenvalue weighted by molar-refractivity contribution is 9.10. The van der Waals surface area contributed by atoms with E-state index >= 15 is 0 Å². The van der Waals surface area contributed by atoms with Gasteiger partial charge in [-0.25, -0.2) is 10.2 Å². The molecule has 0 atom stereocenters. The monoisotopic (exact) mass is 559 g/mol. The van der Waals surface area contributed by atoms with Crippen LogP contribution in [0, 0.1) is 0 Å². The second kappa shape index (κ2) is 12.0. The number of hydrogen-bond donors (Lipinski definition) is 2. The SMILES string of the molecule is CCOc1ccc(C(=O)Oc2ccc3ccccc3c2/C=N\NC(=O)C(=O)Nc2ccc(Br)cc2)cc1. The van der Waals surface area contributed by atoms with Crippen molar-refractivity contribution in [2.75, 3.05) is 11.9 Å². The fourth-order valence-electron chi connectivity index (χ4n) is 3.44. The lowest BCUT2D eigenvalue weighted by Crippen LogP contribution is -2.32. The topological polar surface area (TPSA) is 106 Å². The normalized spacial score (nSPS) is 10.8. The van der Waals surface area contributed by atoms with Gasteiger partial charge < -0.3 is 14.8 Å². The van der Waals surface area contributed by atoms with Gasteiger partial charge in [0.05, 0.1) is 18.4 Å². The van der Waals surface area contributed by atoms with Gasteiger partial charge in [-0.2, -0.15) is 5.10 Å². The van der Waals surface area contributed by atoms with E-state index in [1.807, 2.05) is 37.3 Å². The number of nitrogens with one attached hydrogen (secondary N) is 2. The number of hydrogen-bond acceptors (Lipinski definition) is 6. The molecule has 0 bridgehead atoms. The molecule has 8 nitrogen and oxygen atoms in total. The molecule has 2 N–H and O–H groups in total. The van der Waals surface area contributed by atoms with E-state index in [-0.39, 0.29) is 5.75 Å². The maximum absolute atomic E-state index is 12.8. The Morgan fingerprint density at radius 1 is 0.892 bits per heavy atom. The Morgan fingerprint density at radius 3 is 2.35 bits per heavy atom. The van der Waals surface area contributed by atoms with E-state index in [9.17, 15) is 14.4 Å². The summed E-state index contributed by atoms with van der Waals surface area (Å²) in [5.74, 6) is -1.50. The van der Waals surface area contributed by atoms with Crippen LogP contribution in [-0.2, 0) is 9.59 Å². The number of amides is 2. The molecular formula is C28H22BrN3O5. The molecule has 0 fully saturated rings. The van der Waals surface area contributed by atoms with Crippen LogP contribution in [0.3, 0.4) is 0 Å². The third kappa shape index (κ3) is 6.59. The second-order valence-corrected chi connectivity index (χ2v) is 8.62. The van der Waals surface area contributed by atoms with Crippen LogP contribution in [0.15, 0.2) is 94.5 Å². The number of benzene rings is 4. The molecule has 2 amide bonds. The smallest absolute Gasteiger partial charge is 0.343 e. The van der Waals surface area contributed by atoms with E-state index in [4.69, 9.17) is 9.47 Å². The Hall–Kier alpha value is -4.50. The first kappa shape index (κ1) is 25.6. The van der Waals surface area contributed by atoms with Crippen LogP contribution in [0.25, 0.3) is 10.8 Å². The van der Waals surface area contributed by atoms with Crippen LogP contribution in [0.2, 0.25) is 0 Å². The third-order valence-electron chi connectivity index (χ3n) is 5.20. The molecule has 0 radical (unpaired) electrons. The van der Waals surface area contributed by atoms with Crippen LogP contribution in [-0.4, -0.2) is 30.6 Å². The van der Waals surface area contributed by atoms with Crippen molar-refractivity contribution >= 4 is 56.4 Å². The minimum absolute atomic E-state index is 0.245. The van der Waals surface area contributed by atoms with Gasteiger partial charge in [0.25, 0.3) is 0 Å². The van der Waals surface area contributed by atoms with E-state index in [1.165, 1.54) is 6.21 Å². The zero-order valence-electron chi connectivity index (χ0n) is 19.7. The molecule has 4 rings (SSSR count). The predicted molar refractivity (Wildman–Crippen MR) is 145 cm³/mol. The van der Waals surface area contributed by atoms with E-state index in [0.717, 1.165) is 15.2 Å². The summed E-state index contributed by atoms with van der Waals surface area (Å²) < 4.78 is 11.9. The molecule has 0 spiro atoms. The van der Waals surface area contributed by atoms with Crippen molar-refractivity contribution < 1.29 is 23.9 Å². The average molecular weight is 560 g/mol. The summed E-state index contributed by atoms with van der Waals surface area (Å²) in [5.41, 5.74) is 3.48. The maximum Gasteiger partial charge on any atom is 0.343 e. The van der Waals surface area contributed by atoms with Crippen molar-refractivity contribution in [3.8, 4) is 11.5 Å². The van der Waals surface area contributed by atoms with E-state index < -0.39 is 17.8 Å². The van der Waals surface area contributed by atoms with Crippen molar-refractivity contribution in [3.05, 3.63) is 101 Å². The van der Waals surface area contributed by atoms with Crippen LogP contribution in [0.1, 0.15) is 22.8 Å². The molecule has 0 aliphatic heterocycles. The minimum Gasteiger partial charge on any atom is -0.494 e. The van der Waals surface area contributed by atoms with Crippen LogP contribution in [0.4, 0.5) is 5.69 Å². The summed E-state index contributed by atoms with van der Waals surface area (Å²) in [4.78, 5) is 37.3. The van der Waals surface area contributed by atoms with Gasteiger partial charge in [-0.05, 0) is 72.3 Å². The number of anilines is 1. The number of fused-ring (bicyclic) bond motifs is 1. The summed E-state index contributed by atoms with van der Waals surface area (Å²) >= 11 is 3.31. The summed E-state index contributed by atoms with van der Waals surface area (Å²) in [6.45, 7) is 2.40. The molecular weight excluding hydrogens is 538 g/mol. The fraction of sp³-hybridized carbons (Fsp3) is 0.0714. The molecule has 186 valence electrons. The molecule has 4 aromatic rings. The second-order valence-electron chi connectivity index (χ2n) is 7.71.